The van der Waals surface area contributed by atoms with Gasteiger partial charge in [0, 0.05) is 18.2 Å². The van der Waals surface area contributed by atoms with Gasteiger partial charge < -0.3 is 10.5 Å². The minimum atomic E-state index is -5.53. The third kappa shape index (κ3) is 5.75. The van der Waals surface area contributed by atoms with Crippen LogP contribution in [0.3, 0.4) is 0 Å². The molecule has 0 fully saturated rings. The second-order valence-corrected chi connectivity index (χ2v) is 6.06. The van der Waals surface area contributed by atoms with Gasteiger partial charge in [-0.05, 0) is 13.0 Å². The summed E-state index contributed by atoms with van der Waals surface area (Å²) < 4.78 is 91.0. The van der Waals surface area contributed by atoms with E-state index in [4.69, 9.17) is 10.5 Å². The molecule has 3 N–H and O–H groups in total. The monoisotopic (exact) mass is 384 g/mol. The summed E-state index contributed by atoms with van der Waals surface area (Å²) >= 11 is 0. The number of nitrogens with one attached hydrogen (secondary N) is 1. The zero-order valence-corrected chi connectivity index (χ0v) is 13.3. The van der Waals surface area contributed by atoms with Gasteiger partial charge in [0.2, 0.25) is 0 Å². The van der Waals surface area contributed by atoms with Gasteiger partial charge in [-0.1, -0.05) is 0 Å². The Balaban J connectivity index is 0.00000484. The summed E-state index contributed by atoms with van der Waals surface area (Å²) in [5.74, 6) is -2.42. The zero-order valence-electron chi connectivity index (χ0n) is 11.7. The second-order valence-electron chi connectivity index (χ2n) is 4.36. The first kappa shape index (κ1) is 21.8. The smallest absolute Gasteiger partial charge is 0.489 e. The van der Waals surface area contributed by atoms with Crippen LogP contribution in [0.1, 0.15) is 12.5 Å². The van der Waals surface area contributed by atoms with Crippen LogP contribution in [0.2, 0.25) is 0 Å². The van der Waals surface area contributed by atoms with Crippen molar-refractivity contribution in [1.29, 1.82) is 0 Å². The number of hydrogen-bond acceptors (Lipinski definition) is 4. The number of hydrogen-bond donors (Lipinski definition) is 2. The van der Waals surface area contributed by atoms with Crippen LogP contribution in [0.15, 0.2) is 12.1 Å². The summed E-state index contributed by atoms with van der Waals surface area (Å²) in [5.41, 5.74) is -0.297. The zero-order chi connectivity index (χ0) is 17.1. The highest BCUT2D eigenvalue weighted by Gasteiger charge is 2.46. The fourth-order valence-corrected chi connectivity index (χ4v) is 2.15. The first-order valence-corrected chi connectivity index (χ1v) is 7.35. The number of sulfonamides is 1. The summed E-state index contributed by atoms with van der Waals surface area (Å²) in [4.78, 5) is 0. The Morgan fingerprint density at radius 1 is 1.26 bits per heavy atom. The topological polar surface area (TPSA) is 81.4 Å². The molecule has 1 aromatic carbocycles. The van der Waals surface area contributed by atoms with E-state index in [2.05, 4.69) is 0 Å². The molecule has 0 aromatic heterocycles. The van der Waals surface area contributed by atoms with Crippen molar-refractivity contribution in [3.8, 4) is 5.75 Å². The number of ether oxygens (including phenoxy) is 1. The molecule has 0 amide bonds. The highest BCUT2D eigenvalue weighted by molar-refractivity contribution is 7.90. The minimum absolute atomic E-state index is 0. The molecule has 0 bridgehead atoms. The predicted octanol–water partition coefficient (Wildman–Crippen LogP) is 2.05. The van der Waals surface area contributed by atoms with Gasteiger partial charge in [0.05, 0.1) is 6.04 Å². The SMILES string of the molecule is C[C@@H](COc1cc(CN)c(F)cc1F)NS(=O)(=O)C(F)(F)F.Cl. The van der Waals surface area contributed by atoms with E-state index in [9.17, 15) is 30.4 Å². The van der Waals surface area contributed by atoms with Gasteiger partial charge in [-0.25, -0.2) is 21.9 Å². The first-order chi connectivity index (χ1) is 9.98. The van der Waals surface area contributed by atoms with Crippen LogP contribution in [-0.4, -0.2) is 26.6 Å². The molecule has 23 heavy (non-hydrogen) atoms. The van der Waals surface area contributed by atoms with Crippen LogP contribution in [0.25, 0.3) is 0 Å². The van der Waals surface area contributed by atoms with Gasteiger partial charge in [-0.15, -0.1) is 12.4 Å². The third-order valence-corrected chi connectivity index (χ3v) is 3.79. The Kier molecular flexibility index (Phi) is 7.67. The van der Waals surface area contributed by atoms with Crippen LogP contribution in [-0.2, 0) is 16.6 Å². The van der Waals surface area contributed by atoms with Crippen molar-refractivity contribution >= 4 is 22.4 Å². The van der Waals surface area contributed by atoms with Gasteiger partial charge in [0.1, 0.15) is 12.4 Å². The van der Waals surface area contributed by atoms with E-state index in [0.717, 1.165) is 13.0 Å². The van der Waals surface area contributed by atoms with Crippen molar-refractivity contribution in [2.45, 2.75) is 25.0 Å². The molecular weight excluding hydrogens is 371 g/mol. The molecule has 0 aliphatic rings. The van der Waals surface area contributed by atoms with Crippen molar-refractivity contribution in [1.82, 2.24) is 4.72 Å². The number of benzene rings is 1. The van der Waals surface area contributed by atoms with Gasteiger partial charge in [0.25, 0.3) is 0 Å². The summed E-state index contributed by atoms with van der Waals surface area (Å²) in [6.07, 6.45) is 0. The molecule has 0 saturated heterocycles. The maximum Gasteiger partial charge on any atom is 0.511 e. The van der Waals surface area contributed by atoms with Gasteiger partial charge >= 0.3 is 15.5 Å². The molecule has 0 radical (unpaired) electrons. The lowest BCUT2D eigenvalue weighted by Gasteiger charge is -2.17. The quantitative estimate of drug-likeness (QED) is 0.736. The molecule has 0 unspecified atom stereocenters. The van der Waals surface area contributed by atoms with E-state index >= 15 is 0 Å². The fourth-order valence-electron chi connectivity index (χ4n) is 1.42. The second kappa shape index (κ2) is 8.08. The molecular formula is C11H14ClF5N2O3S. The average molecular weight is 385 g/mol. The minimum Gasteiger partial charge on any atom is -0.489 e. The van der Waals surface area contributed by atoms with Crippen LogP contribution >= 0.6 is 12.4 Å². The molecule has 134 valence electrons. The molecule has 1 aromatic rings. The molecule has 0 aliphatic heterocycles. The van der Waals surface area contributed by atoms with Crippen molar-refractivity contribution in [3.63, 3.8) is 0 Å². The Hall–Kier alpha value is -1.17. The summed E-state index contributed by atoms with van der Waals surface area (Å²) in [6, 6.07) is 0.176. The Bertz CT molecular complexity index is 639. The number of alkyl halides is 3. The van der Waals surface area contributed by atoms with E-state index in [1.165, 1.54) is 4.72 Å². The Morgan fingerprint density at radius 2 is 1.83 bits per heavy atom. The lowest BCUT2D eigenvalue weighted by atomic mass is 10.2. The van der Waals surface area contributed by atoms with Crippen LogP contribution in [0.5, 0.6) is 5.75 Å². The van der Waals surface area contributed by atoms with E-state index in [0.29, 0.717) is 6.07 Å². The van der Waals surface area contributed by atoms with Crippen LogP contribution in [0.4, 0.5) is 22.0 Å². The largest absolute Gasteiger partial charge is 0.511 e. The molecule has 0 heterocycles. The maximum absolute atomic E-state index is 13.4. The molecule has 1 rings (SSSR count). The number of rotatable bonds is 6. The van der Waals surface area contributed by atoms with Crippen molar-refractivity contribution in [2.75, 3.05) is 6.61 Å². The van der Waals surface area contributed by atoms with Crippen LogP contribution < -0.4 is 15.2 Å². The van der Waals surface area contributed by atoms with Crippen molar-refractivity contribution in [3.05, 3.63) is 29.3 Å². The highest BCUT2D eigenvalue weighted by Crippen LogP contribution is 2.23. The molecule has 1 atom stereocenters. The molecule has 0 aliphatic carbocycles. The molecule has 12 heteroatoms. The summed E-state index contributed by atoms with van der Waals surface area (Å²) in [7, 11) is -5.53. The van der Waals surface area contributed by atoms with Crippen LogP contribution in [0, 0.1) is 11.6 Å². The van der Waals surface area contributed by atoms with Gasteiger partial charge in [-0.3, -0.25) is 0 Å². The van der Waals surface area contributed by atoms with E-state index in [-0.39, 0.29) is 24.5 Å². The van der Waals surface area contributed by atoms with Crippen molar-refractivity contribution in [2.24, 2.45) is 5.73 Å². The molecule has 5 nitrogen and oxygen atoms in total. The standard InChI is InChI=1S/C11H13F5N2O3S.ClH/c1-6(18-22(19,20)11(14,15)16)5-21-10-2-7(4-17)8(12)3-9(10)13;/h2-3,6,18H,4-5,17H2,1H3;1H/t6-;/m0./s1. The molecule has 0 spiro atoms. The average Bonchev–Trinajstić information content (AvgIpc) is 2.35. The summed E-state index contributed by atoms with van der Waals surface area (Å²) in [6.45, 7) is 0.259. The first-order valence-electron chi connectivity index (χ1n) is 5.87. The third-order valence-electron chi connectivity index (χ3n) is 2.47. The lowest BCUT2D eigenvalue weighted by Crippen LogP contribution is -2.43. The predicted molar refractivity (Wildman–Crippen MR) is 74.6 cm³/mol. The summed E-state index contributed by atoms with van der Waals surface area (Å²) in [5, 5.41) is 0. The van der Waals surface area contributed by atoms with E-state index < -0.39 is 45.6 Å². The fraction of sp³-hybridized carbons (Fsp3) is 0.455. The Morgan fingerprint density at radius 3 is 2.30 bits per heavy atom. The van der Waals surface area contributed by atoms with Gasteiger partial charge in [-0.2, -0.15) is 13.2 Å². The number of nitrogens with two attached hydrogens (primary N) is 1. The van der Waals surface area contributed by atoms with Crippen molar-refractivity contribution < 1.29 is 35.1 Å². The van der Waals surface area contributed by atoms with E-state index in [1.54, 1.807) is 0 Å². The number of halogens is 6. The normalized spacial score (nSPS) is 13.3. The maximum atomic E-state index is 13.4. The molecule has 0 saturated carbocycles. The highest BCUT2D eigenvalue weighted by atomic mass is 35.5. The lowest BCUT2D eigenvalue weighted by molar-refractivity contribution is -0.0451. The van der Waals surface area contributed by atoms with Gasteiger partial charge in [0.15, 0.2) is 11.6 Å². The Labute approximate surface area is 135 Å². The van der Waals surface area contributed by atoms with E-state index in [1.807, 2.05) is 0 Å².